The first-order valence-corrected chi connectivity index (χ1v) is 18.0. The Bertz CT molecular complexity index is 1950. The number of methoxy groups -OCH3 is 4. The van der Waals surface area contributed by atoms with Crippen LogP contribution >= 0.6 is 0 Å². The Morgan fingerprint density at radius 2 is 1.51 bits per heavy atom. The van der Waals surface area contributed by atoms with E-state index in [9.17, 15) is 19.2 Å². The molecule has 3 aliphatic rings. The maximum absolute atomic E-state index is 13.2. The van der Waals surface area contributed by atoms with Gasteiger partial charge >= 0.3 is 0 Å². The third kappa shape index (κ3) is 8.67. The maximum Gasteiger partial charge on any atom is 0.256 e. The van der Waals surface area contributed by atoms with E-state index < -0.39 is 0 Å². The van der Waals surface area contributed by atoms with Crippen molar-refractivity contribution in [1.29, 1.82) is 0 Å². The van der Waals surface area contributed by atoms with Crippen LogP contribution in [0, 0.1) is 0 Å². The highest BCUT2D eigenvalue weighted by molar-refractivity contribution is 6.03. The van der Waals surface area contributed by atoms with Gasteiger partial charge in [0.15, 0.2) is 29.3 Å². The van der Waals surface area contributed by atoms with E-state index in [1.54, 1.807) is 54.4 Å². The third-order valence-corrected chi connectivity index (χ3v) is 9.72. The number of carbonyl (C=O) groups is 4. The molecule has 2 saturated heterocycles. The number of carbonyl (C=O) groups excluding carboxylic acids is 4. The zero-order valence-corrected chi connectivity index (χ0v) is 31.4. The van der Waals surface area contributed by atoms with Gasteiger partial charge in [0.25, 0.3) is 11.8 Å². The Morgan fingerprint density at radius 3 is 2.20 bits per heavy atom. The Hall–Kier alpha value is -6.09. The van der Waals surface area contributed by atoms with Crippen molar-refractivity contribution in [1.82, 2.24) is 20.0 Å². The lowest BCUT2D eigenvalue weighted by Crippen LogP contribution is -2.50. The van der Waals surface area contributed by atoms with E-state index in [4.69, 9.17) is 28.4 Å². The minimum Gasteiger partial charge on any atom is -0.496 e. The SMILES string of the molecule is COc1cc2c(cc1OCCNCOc1ccc(C=CC(=O)N3CCN(C(=O)c4cc(OC)c(C=O)c(OC)c4)CC3)cc1OC)N=CC1CCCN1C2=O. The van der Waals surface area contributed by atoms with E-state index in [1.807, 2.05) is 17.2 Å². The van der Waals surface area contributed by atoms with Crippen molar-refractivity contribution in [3.63, 3.8) is 0 Å². The van der Waals surface area contributed by atoms with Gasteiger partial charge in [-0.05, 0) is 54.8 Å². The van der Waals surface area contributed by atoms with E-state index in [0.717, 1.165) is 24.9 Å². The molecule has 0 spiro atoms. The molecule has 1 N–H and O–H groups in total. The zero-order valence-electron chi connectivity index (χ0n) is 31.4. The van der Waals surface area contributed by atoms with Crippen molar-refractivity contribution in [2.24, 2.45) is 4.99 Å². The van der Waals surface area contributed by atoms with Crippen LogP contribution in [0.1, 0.15) is 49.5 Å². The summed E-state index contributed by atoms with van der Waals surface area (Å²) < 4.78 is 33.5. The molecule has 2 fully saturated rings. The maximum atomic E-state index is 13.2. The first kappa shape index (κ1) is 38.6. The lowest BCUT2D eigenvalue weighted by Gasteiger charge is -2.34. The number of hydrogen-bond donors (Lipinski definition) is 1. The summed E-state index contributed by atoms with van der Waals surface area (Å²) in [5.41, 5.74) is 2.38. The summed E-state index contributed by atoms with van der Waals surface area (Å²) in [7, 11) is 5.93. The number of ether oxygens (including phenoxy) is 6. The van der Waals surface area contributed by atoms with Crippen molar-refractivity contribution < 1.29 is 47.6 Å². The Kier molecular flexibility index (Phi) is 12.5. The van der Waals surface area contributed by atoms with Crippen LogP contribution in [0.3, 0.4) is 0 Å². The van der Waals surface area contributed by atoms with E-state index in [2.05, 4.69) is 10.3 Å². The van der Waals surface area contributed by atoms with Crippen LogP contribution in [0.4, 0.5) is 5.69 Å². The Morgan fingerprint density at radius 1 is 0.818 bits per heavy atom. The number of hydrogen-bond acceptors (Lipinski definition) is 12. The molecule has 3 aromatic rings. The molecule has 15 heteroatoms. The highest BCUT2D eigenvalue weighted by Gasteiger charge is 2.32. The molecule has 55 heavy (non-hydrogen) atoms. The average Bonchev–Trinajstić information content (AvgIpc) is 3.66. The van der Waals surface area contributed by atoms with Crippen LogP contribution < -0.4 is 33.7 Å². The Labute approximate surface area is 319 Å². The minimum absolute atomic E-state index is 0.0217. The quantitative estimate of drug-likeness (QED) is 0.104. The molecule has 6 rings (SSSR count). The predicted molar refractivity (Wildman–Crippen MR) is 204 cm³/mol. The second kappa shape index (κ2) is 17.8. The van der Waals surface area contributed by atoms with Gasteiger partial charge in [0.05, 0.1) is 51.3 Å². The van der Waals surface area contributed by atoms with Crippen LogP contribution in [-0.2, 0) is 4.79 Å². The van der Waals surface area contributed by atoms with Crippen molar-refractivity contribution in [2.75, 3.05) is 81.0 Å². The van der Waals surface area contributed by atoms with Gasteiger partial charge < -0.3 is 43.1 Å². The highest BCUT2D eigenvalue weighted by Crippen LogP contribution is 2.38. The first-order chi connectivity index (χ1) is 26.8. The fraction of sp³-hybridized carbons (Fsp3) is 0.375. The fourth-order valence-corrected chi connectivity index (χ4v) is 6.73. The van der Waals surface area contributed by atoms with Gasteiger partial charge in [-0.15, -0.1) is 0 Å². The highest BCUT2D eigenvalue weighted by atomic mass is 16.5. The average molecular weight is 756 g/mol. The van der Waals surface area contributed by atoms with Gasteiger partial charge in [0, 0.05) is 63.2 Å². The molecule has 0 radical (unpaired) electrons. The van der Waals surface area contributed by atoms with E-state index in [-0.39, 0.29) is 47.6 Å². The van der Waals surface area contributed by atoms with Gasteiger partial charge in [-0.25, -0.2) is 0 Å². The van der Waals surface area contributed by atoms with E-state index >= 15 is 0 Å². The van der Waals surface area contributed by atoms with Gasteiger partial charge in [0.1, 0.15) is 24.8 Å². The largest absolute Gasteiger partial charge is 0.496 e. The van der Waals surface area contributed by atoms with Gasteiger partial charge in [-0.1, -0.05) is 6.07 Å². The molecule has 290 valence electrons. The minimum atomic E-state index is -0.244. The van der Waals surface area contributed by atoms with Gasteiger partial charge in [-0.2, -0.15) is 0 Å². The smallest absolute Gasteiger partial charge is 0.256 e. The number of amides is 3. The van der Waals surface area contributed by atoms with Crippen molar-refractivity contribution in [2.45, 2.75) is 18.9 Å². The summed E-state index contributed by atoms with van der Waals surface area (Å²) in [4.78, 5) is 60.6. The molecule has 1 atom stereocenters. The number of aliphatic imine (C=N–C) groups is 1. The summed E-state index contributed by atoms with van der Waals surface area (Å²) in [5.74, 6) is 2.02. The molecule has 0 aromatic heterocycles. The fourth-order valence-electron chi connectivity index (χ4n) is 6.73. The molecule has 3 amide bonds. The zero-order chi connectivity index (χ0) is 38.9. The molecule has 3 aliphatic heterocycles. The predicted octanol–water partition coefficient (Wildman–Crippen LogP) is 3.86. The van der Waals surface area contributed by atoms with Crippen molar-refractivity contribution in [3.8, 4) is 34.5 Å². The summed E-state index contributed by atoms with van der Waals surface area (Å²) in [5, 5.41) is 3.18. The molecule has 15 nitrogen and oxygen atoms in total. The third-order valence-electron chi connectivity index (χ3n) is 9.72. The van der Waals surface area contributed by atoms with E-state index in [0.29, 0.717) is 85.4 Å². The summed E-state index contributed by atoms with van der Waals surface area (Å²) in [6.45, 7) is 3.09. The van der Waals surface area contributed by atoms with Crippen molar-refractivity contribution >= 4 is 42.0 Å². The second-order valence-corrected chi connectivity index (χ2v) is 12.9. The molecule has 0 aliphatic carbocycles. The second-order valence-electron chi connectivity index (χ2n) is 12.9. The molecule has 3 aromatic carbocycles. The van der Waals surface area contributed by atoms with Crippen LogP contribution in [-0.4, -0.2) is 132 Å². The number of fused-ring (bicyclic) bond motifs is 2. The first-order valence-electron chi connectivity index (χ1n) is 18.0. The lowest BCUT2D eigenvalue weighted by atomic mass is 10.1. The normalized spacial score (nSPS) is 16.3. The Balaban J connectivity index is 0.955. The van der Waals surface area contributed by atoms with Gasteiger partial charge in [0.2, 0.25) is 5.91 Å². The molecule has 3 heterocycles. The topological polar surface area (TPSA) is 158 Å². The molecule has 0 saturated carbocycles. The van der Waals surface area contributed by atoms with Gasteiger partial charge in [-0.3, -0.25) is 29.5 Å². The number of nitrogens with zero attached hydrogens (tertiary/aromatic N) is 4. The van der Waals surface area contributed by atoms with E-state index in [1.165, 1.54) is 32.4 Å². The van der Waals surface area contributed by atoms with Crippen LogP contribution in [0.5, 0.6) is 34.5 Å². The summed E-state index contributed by atoms with van der Waals surface area (Å²) in [6.07, 6.45) is 7.55. The number of nitrogens with one attached hydrogen (secondary N) is 1. The number of aldehydes is 1. The van der Waals surface area contributed by atoms with Crippen molar-refractivity contribution in [3.05, 3.63) is 70.8 Å². The van der Waals surface area contributed by atoms with Crippen LogP contribution in [0.25, 0.3) is 6.08 Å². The monoisotopic (exact) mass is 755 g/mol. The standard InChI is InChI=1S/C40H45N5O10/c1-50-33-19-27(20-34(51-2)30(33)24-46)39(48)44-15-13-43(14-16-44)38(47)10-8-26-7-9-32(35(18-26)52-3)55-25-41-11-17-54-37-22-31-29(21-36(37)53-4)40(49)45-12-5-6-28(45)23-42-31/h7-10,18-24,28,41H,5-6,11-17,25H2,1-4H3. The molecular formula is C40H45N5O10. The molecular weight excluding hydrogens is 710 g/mol. The number of benzene rings is 3. The number of rotatable bonds is 15. The molecule has 1 unspecified atom stereocenters. The number of piperazine rings is 1. The lowest BCUT2D eigenvalue weighted by molar-refractivity contribution is -0.127. The van der Waals surface area contributed by atoms with Crippen LogP contribution in [0.2, 0.25) is 0 Å². The molecule has 0 bridgehead atoms. The van der Waals surface area contributed by atoms with Crippen LogP contribution in [0.15, 0.2) is 53.5 Å². The summed E-state index contributed by atoms with van der Waals surface area (Å²) >= 11 is 0. The summed E-state index contributed by atoms with van der Waals surface area (Å²) in [6, 6.07) is 11.9.